The summed E-state index contributed by atoms with van der Waals surface area (Å²) in [6.07, 6.45) is 22.7. The first-order valence-corrected chi connectivity index (χ1v) is 11.3. The summed E-state index contributed by atoms with van der Waals surface area (Å²) < 4.78 is 1.97. The van der Waals surface area contributed by atoms with Crippen molar-refractivity contribution in [3.8, 4) is 0 Å². The van der Waals surface area contributed by atoms with Crippen LogP contribution in [-0.4, -0.2) is 15.0 Å². The first-order valence-electron chi connectivity index (χ1n) is 11.3. The lowest BCUT2D eigenvalue weighted by atomic mass is 10.1. The fourth-order valence-electron chi connectivity index (χ4n) is 3.22. The van der Waals surface area contributed by atoms with Crippen LogP contribution in [-0.2, 0) is 13.0 Å². The minimum atomic E-state index is 0.832. The van der Waals surface area contributed by atoms with E-state index in [4.69, 9.17) is 0 Å². The molecule has 0 atom stereocenters. The highest BCUT2D eigenvalue weighted by Gasteiger charge is 2.00. The Balaban J connectivity index is 2.24. The summed E-state index contributed by atoms with van der Waals surface area (Å²) in [5, 5.41) is 8.60. The molecule has 0 saturated heterocycles. The molecule has 0 bridgehead atoms. The Morgan fingerprint density at radius 1 is 0.857 bits per heavy atom. The Kier molecular flexibility index (Phi) is 13.3. The average Bonchev–Trinajstić information content (AvgIpc) is 3.10. The van der Waals surface area contributed by atoms with E-state index in [1.807, 2.05) is 4.68 Å². The molecule has 1 aromatic heterocycles. The predicted molar refractivity (Wildman–Crippen MR) is 123 cm³/mol. The van der Waals surface area contributed by atoms with Gasteiger partial charge in [0.15, 0.2) is 0 Å². The molecule has 1 rings (SSSR count). The second kappa shape index (κ2) is 15.3. The van der Waals surface area contributed by atoms with Gasteiger partial charge < -0.3 is 0 Å². The van der Waals surface area contributed by atoms with E-state index in [0.29, 0.717) is 0 Å². The molecule has 3 nitrogen and oxygen atoms in total. The van der Waals surface area contributed by atoms with Crippen LogP contribution in [0, 0.1) is 0 Å². The summed E-state index contributed by atoms with van der Waals surface area (Å²) in [7, 11) is 0. The summed E-state index contributed by atoms with van der Waals surface area (Å²) in [5.41, 5.74) is 5.48. The van der Waals surface area contributed by atoms with Crippen molar-refractivity contribution < 1.29 is 0 Å². The Bertz CT molecular complexity index is 615. The number of aryl methyl sites for hydroxylation is 1. The van der Waals surface area contributed by atoms with Crippen LogP contribution in [0.1, 0.15) is 105 Å². The van der Waals surface area contributed by atoms with E-state index in [0.717, 1.165) is 37.9 Å². The Morgan fingerprint density at radius 2 is 1.50 bits per heavy atom. The summed E-state index contributed by atoms with van der Waals surface area (Å²) >= 11 is 0. The van der Waals surface area contributed by atoms with Crippen molar-refractivity contribution >= 4 is 0 Å². The quantitative estimate of drug-likeness (QED) is 0.230. The minimum absolute atomic E-state index is 0.832. The number of hydrogen-bond donors (Lipinski definition) is 0. The molecular formula is C25H43N3. The van der Waals surface area contributed by atoms with Crippen LogP contribution < -0.4 is 0 Å². The Morgan fingerprint density at radius 3 is 2.21 bits per heavy atom. The Hall–Kier alpha value is -1.64. The molecule has 0 unspecified atom stereocenters. The van der Waals surface area contributed by atoms with Crippen LogP contribution in [0.2, 0.25) is 0 Å². The smallest absolute Gasteiger partial charge is 0.0827 e. The topological polar surface area (TPSA) is 30.7 Å². The maximum Gasteiger partial charge on any atom is 0.0827 e. The van der Waals surface area contributed by atoms with E-state index >= 15 is 0 Å². The van der Waals surface area contributed by atoms with Gasteiger partial charge in [-0.15, -0.1) is 5.10 Å². The van der Waals surface area contributed by atoms with E-state index < -0.39 is 0 Å². The molecule has 3 heteroatoms. The molecule has 0 radical (unpaired) electrons. The number of aromatic nitrogens is 3. The molecule has 0 spiro atoms. The first-order chi connectivity index (χ1) is 13.5. The molecule has 1 heterocycles. The van der Waals surface area contributed by atoms with Crippen LogP contribution in [0.25, 0.3) is 0 Å². The molecule has 0 aromatic carbocycles. The van der Waals surface area contributed by atoms with E-state index in [2.05, 4.69) is 69.4 Å². The molecule has 28 heavy (non-hydrogen) atoms. The van der Waals surface area contributed by atoms with Gasteiger partial charge in [-0.1, -0.05) is 79.2 Å². The van der Waals surface area contributed by atoms with E-state index in [1.165, 1.54) is 61.7 Å². The molecule has 158 valence electrons. The summed E-state index contributed by atoms with van der Waals surface area (Å²) in [5.74, 6) is 0. The van der Waals surface area contributed by atoms with E-state index in [-0.39, 0.29) is 0 Å². The highest BCUT2D eigenvalue weighted by atomic mass is 15.4. The zero-order valence-corrected chi connectivity index (χ0v) is 19.1. The fourth-order valence-corrected chi connectivity index (χ4v) is 3.22. The van der Waals surface area contributed by atoms with E-state index in [9.17, 15) is 0 Å². The summed E-state index contributed by atoms with van der Waals surface area (Å²) in [6, 6.07) is 0. The SMILES string of the molecule is CCCCCCCCc1cn(C/C=C(\C)CC/C=C(\C)CCC=C(C)C)nn1. The van der Waals surface area contributed by atoms with Crippen LogP contribution in [0.5, 0.6) is 0 Å². The van der Waals surface area contributed by atoms with Crippen molar-refractivity contribution in [2.24, 2.45) is 0 Å². The second-order valence-corrected chi connectivity index (χ2v) is 8.41. The number of allylic oxidation sites excluding steroid dienone is 6. The van der Waals surface area contributed by atoms with Crippen molar-refractivity contribution in [3.05, 3.63) is 46.8 Å². The van der Waals surface area contributed by atoms with Crippen molar-refractivity contribution in [2.75, 3.05) is 0 Å². The number of hydrogen-bond acceptors (Lipinski definition) is 2. The predicted octanol–water partition coefficient (Wildman–Crippen LogP) is 7.60. The first kappa shape index (κ1) is 24.4. The Labute approximate surface area is 174 Å². The maximum absolute atomic E-state index is 4.32. The van der Waals surface area contributed by atoms with Crippen molar-refractivity contribution in [3.63, 3.8) is 0 Å². The zero-order valence-electron chi connectivity index (χ0n) is 19.1. The van der Waals surface area contributed by atoms with Gasteiger partial charge in [0.05, 0.1) is 12.2 Å². The van der Waals surface area contributed by atoms with Gasteiger partial charge in [-0.05, 0) is 66.2 Å². The van der Waals surface area contributed by atoms with Gasteiger partial charge in [0.2, 0.25) is 0 Å². The fraction of sp³-hybridized carbons (Fsp3) is 0.680. The van der Waals surface area contributed by atoms with Gasteiger partial charge in [0.25, 0.3) is 0 Å². The monoisotopic (exact) mass is 385 g/mol. The summed E-state index contributed by atoms with van der Waals surface area (Å²) in [4.78, 5) is 0. The van der Waals surface area contributed by atoms with Crippen molar-refractivity contribution in [2.45, 2.75) is 112 Å². The third kappa shape index (κ3) is 12.7. The van der Waals surface area contributed by atoms with Crippen LogP contribution >= 0.6 is 0 Å². The highest BCUT2D eigenvalue weighted by molar-refractivity contribution is 5.05. The third-order valence-corrected chi connectivity index (χ3v) is 5.12. The number of rotatable bonds is 15. The highest BCUT2D eigenvalue weighted by Crippen LogP contribution is 2.12. The van der Waals surface area contributed by atoms with Gasteiger partial charge in [-0.3, -0.25) is 0 Å². The standard InChI is InChI=1S/C25H43N3/c1-6-7-8-9-10-11-18-25-21-28(27-26-25)20-19-24(5)17-13-16-23(4)15-12-14-22(2)3/h14,16,19,21H,6-13,15,17-18,20H2,1-5H3/b23-16+,24-19+. The lowest BCUT2D eigenvalue weighted by molar-refractivity contribution is 0.604. The zero-order chi connectivity index (χ0) is 20.6. The van der Waals surface area contributed by atoms with Crippen LogP contribution in [0.4, 0.5) is 0 Å². The lowest BCUT2D eigenvalue weighted by Gasteiger charge is -2.02. The third-order valence-electron chi connectivity index (χ3n) is 5.12. The molecule has 0 saturated carbocycles. The van der Waals surface area contributed by atoms with Crippen LogP contribution in [0.15, 0.2) is 41.1 Å². The largest absolute Gasteiger partial charge is 0.248 e. The van der Waals surface area contributed by atoms with Gasteiger partial charge in [-0.2, -0.15) is 0 Å². The molecule has 0 N–H and O–H groups in total. The maximum atomic E-state index is 4.32. The van der Waals surface area contributed by atoms with Gasteiger partial charge in [-0.25, -0.2) is 4.68 Å². The van der Waals surface area contributed by atoms with Gasteiger partial charge in [0.1, 0.15) is 0 Å². The molecule has 1 aromatic rings. The molecular weight excluding hydrogens is 342 g/mol. The van der Waals surface area contributed by atoms with Crippen molar-refractivity contribution in [1.29, 1.82) is 0 Å². The number of nitrogens with zero attached hydrogens (tertiary/aromatic N) is 3. The average molecular weight is 386 g/mol. The summed E-state index contributed by atoms with van der Waals surface area (Å²) in [6.45, 7) is 11.9. The second-order valence-electron chi connectivity index (χ2n) is 8.41. The normalized spacial score (nSPS) is 12.5. The molecule has 0 amide bonds. The van der Waals surface area contributed by atoms with Crippen LogP contribution in [0.3, 0.4) is 0 Å². The van der Waals surface area contributed by atoms with Crippen molar-refractivity contribution in [1.82, 2.24) is 15.0 Å². The lowest BCUT2D eigenvalue weighted by Crippen LogP contribution is -1.96. The number of unbranched alkanes of at least 4 members (excludes halogenated alkanes) is 5. The van der Waals surface area contributed by atoms with E-state index in [1.54, 1.807) is 0 Å². The molecule has 0 aliphatic rings. The molecule has 0 aliphatic carbocycles. The van der Waals surface area contributed by atoms with Gasteiger partial charge in [0, 0.05) is 6.20 Å². The minimum Gasteiger partial charge on any atom is -0.248 e. The van der Waals surface area contributed by atoms with Gasteiger partial charge >= 0.3 is 0 Å². The molecule has 0 aliphatic heterocycles. The molecule has 0 fully saturated rings.